The lowest BCUT2D eigenvalue weighted by Crippen LogP contribution is -2.53. The molecule has 0 amide bonds. The predicted molar refractivity (Wildman–Crippen MR) is 82.0 cm³/mol. The molecule has 0 aromatic heterocycles. The fourth-order valence-electron chi connectivity index (χ4n) is 3.39. The molecule has 1 saturated carbocycles. The molecule has 3 nitrogen and oxygen atoms in total. The lowest BCUT2D eigenvalue weighted by atomic mass is 9.75. The molecule has 1 N–H and O–H groups in total. The van der Waals surface area contributed by atoms with Gasteiger partial charge in [-0.3, -0.25) is 0 Å². The van der Waals surface area contributed by atoms with Crippen LogP contribution in [-0.2, 0) is 9.84 Å². The first-order chi connectivity index (χ1) is 9.35. The summed E-state index contributed by atoms with van der Waals surface area (Å²) in [6.45, 7) is 2.03. The Hall–Kier alpha value is -0.580. The van der Waals surface area contributed by atoms with Crippen molar-refractivity contribution < 1.29 is 8.42 Å². The highest BCUT2D eigenvalue weighted by Gasteiger charge is 2.42. The summed E-state index contributed by atoms with van der Waals surface area (Å²) < 4.78 is 23.2. The minimum atomic E-state index is -2.83. The van der Waals surface area contributed by atoms with Gasteiger partial charge < -0.3 is 5.32 Å². The van der Waals surface area contributed by atoms with Crippen molar-refractivity contribution in [1.82, 2.24) is 5.32 Å². The van der Waals surface area contributed by atoms with Crippen molar-refractivity contribution in [3.05, 3.63) is 34.9 Å². The average molecular weight is 314 g/mol. The van der Waals surface area contributed by atoms with Crippen LogP contribution in [0.3, 0.4) is 0 Å². The van der Waals surface area contributed by atoms with Crippen molar-refractivity contribution in [3.63, 3.8) is 0 Å². The Kier molecular flexibility index (Phi) is 3.59. The van der Waals surface area contributed by atoms with Gasteiger partial charge in [-0.1, -0.05) is 23.7 Å². The Balaban J connectivity index is 1.56. The molecule has 1 aromatic rings. The highest BCUT2D eigenvalue weighted by molar-refractivity contribution is 7.91. The van der Waals surface area contributed by atoms with Gasteiger partial charge in [-0.15, -0.1) is 0 Å². The molecule has 1 atom stereocenters. The first-order valence-corrected chi connectivity index (χ1v) is 9.29. The maximum absolute atomic E-state index is 11.6. The second-order valence-electron chi connectivity index (χ2n) is 6.47. The van der Waals surface area contributed by atoms with Crippen LogP contribution in [0.1, 0.15) is 37.7 Å². The summed E-state index contributed by atoms with van der Waals surface area (Å²) in [5.41, 5.74) is 1.06. The van der Waals surface area contributed by atoms with Gasteiger partial charge in [0, 0.05) is 16.6 Å². The van der Waals surface area contributed by atoms with Crippen molar-refractivity contribution in [3.8, 4) is 0 Å². The van der Waals surface area contributed by atoms with Gasteiger partial charge in [-0.2, -0.15) is 0 Å². The van der Waals surface area contributed by atoms with Gasteiger partial charge in [0.15, 0.2) is 9.84 Å². The smallest absolute Gasteiger partial charge is 0.152 e. The largest absolute Gasteiger partial charge is 0.308 e. The summed E-state index contributed by atoms with van der Waals surface area (Å²) in [6.07, 6.45) is 2.86. The fourth-order valence-corrected chi connectivity index (χ4v) is 5.69. The highest BCUT2D eigenvalue weighted by atomic mass is 35.5. The van der Waals surface area contributed by atoms with Gasteiger partial charge in [-0.05, 0) is 49.8 Å². The van der Waals surface area contributed by atoms with Crippen LogP contribution in [-0.4, -0.2) is 31.5 Å². The molecule has 1 heterocycles. The van der Waals surface area contributed by atoms with Crippen LogP contribution in [0.25, 0.3) is 0 Å². The van der Waals surface area contributed by atoms with Crippen LogP contribution >= 0.6 is 11.6 Å². The zero-order valence-corrected chi connectivity index (χ0v) is 13.2. The summed E-state index contributed by atoms with van der Waals surface area (Å²) >= 11 is 6.02. The second kappa shape index (κ2) is 5.00. The molecule has 2 fully saturated rings. The zero-order valence-electron chi connectivity index (χ0n) is 11.6. The zero-order chi connectivity index (χ0) is 14.4. The molecule has 0 spiro atoms. The minimum Gasteiger partial charge on any atom is -0.308 e. The Morgan fingerprint density at radius 1 is 1.35 bits per heavy atom. The van der Waals surface area contributed by atoms with E-state index in [1.165, 1.54) is 5.56 Å². The van der Waals surface area contributed by atoms with E-state index in [-0.39, 0.29) is 11.3 Å². The van der Waals surface area contributed by atoms with E-state index in [0.717, 1.165) is 24.3 Å². The number of hydrogen-bond donors (Lipinski definition) is 1. The van der Waals surface area contributed by atoms with Crippen molar-refractivity contribution in [1.29, 1.82) is 0 Å². The summed E-state index contributed by atoms with van der Waals surface area (Å²) in [4.78, 5) is 0. The normalized spacial score (nSPS) is 35.7. The topological polar surface area (TPSA) is 46.2 Å². The first kappa shape index (κ1) is 14.4. The molecule has 1 aromatic carbocycles. The predicted octanol–water partition coefficient (Wildman–Crippen LogP) is 2.75. The van der Waals surface area contributed by atoms with E-state index in [1.807, 2.05) is 25.1 Å². The molecule has 20 heavy (non-hydrogen) atoms. The Morgan fingerprint density at radius 2 is 2.10 bits per heavy atom. The molecular formula is C15H20ClNO2S. The molecule has 110 valence electrons. The highest BCUT2D eigenvalue weighted by Crippen LogP contribution is 2.39. The van der Waals surface area contributed by atoms with Gasteiger partial charge in [0.25, 0.3) is 0 Å². The number of hydrogen-bond acceptors (Lipinski definition) is 3. The fraction of sp³-hybridized carbons (Fsp3) is 0.600. The Labute approximate surface area is 125 Å². The molecule has 5 heteroatoms. The maximum atomic E-state index is 11.6. The van der Waals surface area contributed by atoms with E-state index in [9.17, 15) is 8.42 Å². The van der Waals surface area contributed by atoms with Crippen molar-refractivity contribution in [2.24, 2.45) is 0 Å². The molecule has 1 saturated heterocycles. The van der Waals surface area contributed by atoms with Gasteiger partial charge in [0.2, 0.25) is 0 Å². The molecular weight excluding hydrogens is 294 g/mol. The first-order valence-electron chi connectivity index (χ1n) is 7.09. The van der Waals surface area contributed by atoms with E-state index >= 15 is 0 Å². The van der Waals surface area contributed by atoms with E-state index in [0.29, 0.717) is 17.7 Å². The van der Waals surface area contributed by atoms with Crippen LogP contribution in [0.2, 0.25) is 5.02 Å². The summed E-state index contributed by atoms with van der Waals surface area (Å²) in [7, 11) is -2.83. The van der Waals surface area contributed by atoms with Gasteiger partial charge in [0.1, 0.15) is 0 Å². The number of nitrogens with one attached hydrogen (secondary N) is 1. The molecule has 2 aliphatic rings. The van der Waals surface area contributed by atoms with E-state index < -0.39 is 9.84 Å². The lowest BCUT2D eigenvalue weighted by Gasteiger charge is -2.41. The van der Waals surface area contributed by atoms with E-state index in [1.54, 1.807) is 0 Å². The lowest BCUT2D eigenvalue weighted by molar-refractivity contribution is 0.227. The molecule has 0 radical (unpaired) electrons. The summed E-state index contributed by atoms with van der Waals surface area (Å²) in [5, 5.41) is 4.33. The second-order valence-corrected chi connectivity index (χ2v) is 9.09. The molecule has 3 rings (SSSR count). The van der Waals surface area contributed by atoms with Crippen molar-refractivity contribution >= 4 is 21.4 Å². The number of rotatable bonds is 3. The standard InChI is InChI=1S/C15H20ClNO2S/c1-15(5-6-20(18,19)10-15)17-14-8-12(9-14)11-3-2-4-13(16)7-11/h2-4,7,12,14,17H,5-6,8-10H2,1H3. The van der Waals surface area contributed by atoms with Gasteiger partial charge >= 0.3 is 0 Å². The quantitative estimate of drug-likeness (QED) is 0.933. The van der Waals surface area contributed by atoms with Crippen LogP contribution in [0, 0.1) is 0 Å². The van der Waals surface area contributed by atoms with Crippen LogP contribution < -0.4 is 5.32 Å². The van der Waals surface area contributed by atoms with Crippen molar-refractivity contribution in [2.45, 2.75) is 43.7 Å². The molecule has 0 bridgehead atoms. The van der Waals surface area contributed by atoms with E-state index in [4.69, 9.17) is 11.6 Å². The number of halogens is 1. The monoisotopic (exact) mass is 313 g/mol. The third kappa shape index (κ3) is 3.02. The summed E-state index contributed by atoms with van der Waals surface area (Å²) in [6, 6.07) is 8.46. The van der Waals surface area contributed by atoms with Crippen LogP contribution in [0.15, 0.2) is 24.3 Å². The number of benzene rings is 1. The van der Waals surface area contributed by atoms with Crippen LogP contribution in [0.5, 0.6) is 0 Å². The number of sulfone groups is 1. The molecule has 1 aliphatic carbocycles. The average Bonchev–Trinajstić information content (AvgIpc) is 2.58. The SMILES string of the molecule is CC1(NC2CC(c3cccc(Cl)c3)C2)CCS(=O)(=O)C1. The summed E-state index contributed by atoms with van der Waals surface area (Å²) in [5.74, 6) is 1.15. The van der Waals surface area contributed by atoms with Gasteiger partial charge in [-0.25, -0.2) is 8.42 Å². The van der Waals surface area contributed by atoms with Crippen molar-refractivity contribution in [2.75, 3.05) is 11.5 Å². The van der Waals surface area contributed by atoms with Crippen LogP contribution in [0.4, 0.5) is 0 Å². The van der Waals surface area contributed by atoms with Gasteiger partial charge in [0.05, 0.1) is 11.5 Å². The molecule has 1 unspecified atom stereocenters. The van der Waals surface area contributed by atoms with E-state index in [2.05, 4.69) is 11.4 Å². The molecule has 1 aliphatic heterocycles. The third-order valence-corrected chi connectivity index (χ3v) is 6.65. The Bertz CT molecular complexity index is 610. The maximum Gasteiger partial charge on any atom is 0.152 e. The minimum absolute atomic E-state index is 0.233. The third-order valence-electron chi connectivity index (χ3n) is 4.51. The Morgan fingerprint density at radius 3 is 2.70 bits per heavy atom.